The molecular weight excluding hydrogens is 576 g/mol. The van der Waals surface area contributed by atoms with Crippen molar-refractivity contribution in [1.82, 2.24) is 10.2 Å². The smallest absolute Gasteiger partial charge is 0.247 e. The van der Waals surface area contributed by atoms with Crippen LogP contribution in [0.15, 0.2) is 103 Å². The molecule has 8 nitrogen and oxygen atoms in total. The van der Waals surface area contributed by atoms with Gasteiger partial charge in [0.15, 0.2) is 6.29 Å². The van der Waals surface area contributed by atoms with Gasteiger partial charge in [0.25, 0.3) is 0 Å². The number of hydrogen-bond donors (Lipinski definition) is 3. The van der Waals surface area contributed by atoms with Crippen LogP contribution in [0, 0.1) is 0 Å². The third kappa shape index (κ3) is 6.07. The minimum absolute atomic E-state index is 0.00989. The van der Waals surface area contributed by atoms with Crippen LogP contribution in [-0.2, 0) is 27.4 Å². The third-order valence-electron chi connectivity index (χ3n) is 9.90. The van der Waals surface area contributed by atoms with Gasteiger partial charge >= 0.3 is 0 Å². The van der Waals surface area contributed by atoms with Gasteiger partial charge in [0.2, 0.25) is 5.91 Å². The fraction of sp³-hybridized carbons (Fsp3) is 0.342. The summed E-state index contributed by atoms with van der Waals surface area (Å²) in [5.74, 6) is 0.127. The van der Waals surface area contributed by atoms with Crippen molar-refractivity contribution in [3.63, 3.8) is 0 Å². The zero-order chi connectivity index (χ0) is 31.5. The molecular formula is C38H42N4O4. The first kappa shape index (κ1) is 30.6. The van der Waals surface area contributed by atoms with Crippen LogP contribution in [0.1, 0.15) is 53.9 Å². The predicted octanol–water partition coefficient (Wildman–Crippen LogP) is 5.28. The highest BCUT2D eigenvalue weighted by molar-refractivity contribution is 5.93. The zero-order valence-corrected chi connectivity index (χ0v) is 26.1. The van der Waals surface area contributed by atoms with E-state index in [1.54, 1.807) is 0 Å². The minimum atomic E-state index is -0.523. The normalized spacial score (nSPS) is 23.0. The van der Waals surface area contributed by atoms with Crippen molar-refractivity contribution < 1.29 is 19.4 Å². The molecule has 1 spiro atoms. The molecule has 4 N–H and O–H groups in total. The van der Waals surface area contributed by atoms with E-state index in [0.717, 1.165) is 78.0 Å². The van der Waals surface area contributed by atoms with E-state index in [2.05, 4.69) is 63.6 Å². The molecule has 0 aromatic heterocycles. The molecule has 4 aromatic rings. The summed E-state index contributed by atoms with van der Waals surface area (Å²) in [4.78, 5) is 17.9. The number of ether oxygens (including phenoxy) is 2. The minimum Gasteiger partial charge on any atom is -0.392 e. The lowest BCUT2D eigenvalue weighted by atomic mass is 9.85. The summed E-state index contributed by atoms with van der Waals surface area (Å²) < 4.78 is 13.3. The highest BCUT2D eigenvalue weighted by atomic mass is 16.7. The molecule has 46 heavy (non-hydrogen) atoms. The number of carbonyl (C=O) groups excluding carboxylic acids is 1. The van der Waals surface area contributed by atoms with Gasteiger partial charge in [0.05, 0.1) is 25.5 Å². The summed E-state index contributed by atoms with van der Waals surface area (Å²) >= 11 is 0. The molecule has 3 unspecified atom stereocenters. The monoisotopic (exact) mass is 618 g/mol. The van der Waals surface area contributed by atoms with Gasteiger partial charge in [-0.2, -0.15) is 0 Å². The second kappa shape index (κ2) is 13.4. The molecule has 238 valence electrons. The molecule has 3 atom stereocenters. The van der Waals surface area contributed by atoms with Crippen LogP contribution in [0.5, 0.6) is 0 Å². The maximum Gasteiger partial charge on any atom is 0.247 e. The molecule has 0 saturated carbocycles. The van der Waals surface area contributed by atoms with Gasteiger partial charge in [-0.3, -0.25) is 4.79 Å². The van der Waals surface area contributed by atoms with Gasteiger partial charge in [0.1, 0.15) is 5.54 Å². The summed E-state index contributed by atoms with van der Waals surface area (Å²) in [6, 6.07) is 34.8. The number of piperidine rings is 1. The number of rotatable bonds is 8. The average molecular weight is 619 g/mol. The number of aliphatic hydroxyl groups is 1. The number of para-hydroxylation sites is 1. The molecule has 4 aromatic carbocycles. The lowest BCUT2D eigenvalue weighted by molar-refractivity contribution is -0.253. The summed E-state index contributed by atoms with van der Waals surface area (Å²) in [6.07, 6.45) is 1.51. The second-order valence-corrected chi connectivity index (χ2v) is 12.6. The van der Waals surface area contributed by atoms with Gasteiger partial charge in [-0.15, -0.1) is 0 Å². The summed E-state index contributed by atoms with van der Waals surface area (Å²) in [6.45, 7) is 3.42. The molecule has 3 aliphatic rings. The Morgan fingerprint density at radius 3 is 2.26 bits per heavy atom. The van der Waals surface area contributed by atoms with Crippen molar-refractivity contribution in [1.29, 1.82) is 0 Å². The highest BCUT2D eigenvalue weighted by Crippen LogP contribution is 2.40. The number of benzene rings is 4. The molecule has 3 heterocycles. The van der Waals surface area contributed by atoms with E-state index < -0.39 is 11.8 Å². The van der Waals surface area contributed by atoms with E-state index in [1.165, 1.54) is 0 Å². The lowest BCUT2D eigenvalue weighted by Gasteiger charge is -2.45. The fourth-order valence-corrected chi connectivity index (χ4v) is 7.26. The van der Waals surface area contributed by atoms with Gasteiger partial charge in [0, 0.05) is 43.9 Å². The molecule has 0 bridgehead atoms. The number of likely N-dealkylation sites (tertiary alicyclic amines) is 1. The number of hydrogen-bond acceptors (Lipinski definition) is 7. The van der Waals surface area contributed by atoms with E-state index in [-0.39, 0.29) is 24.7 Å². The van der Waals surface area contributed by atoms with Gasteiger partial charge in [-0.1, -0.05) is 91.0 Å². The standard InChI is InChI=1S/C38H42N4O4/c39-23-31-6-4-5-9-34(31)28-14-16-30(17-15-28)36-45-33(22-35(46-36)29-12-10-27(25-43)11-13-29)24-41-20-18-38(19-21-41)37(44)40-26-42(38)32-7-2-1-3-8-32/h1-17,33,35-36,43H,18-26,39H2,(H,40,44). The molecule has 3 saturated heterocycles. The van der Waals surface area contributed by atoms with Crippen LogP contribution in [0.3, 0.4) is 0 Å². The summed E-state index contributed by atoms with van der Waals surface area (Å²) in [7, 11) is 0. The van der Waals surface area contributed by atoms with Crippen molar-refractivity contribution in [2.75, 3.05) is 31.2 Å². The highest BCUT2D eigenvalue weighted by Gasteiger charge is 2.50. The van der Waals surface area contributed by atoms with Crippen molar-refractivity contribution >= 4 is 11.6 Å². The van der Waals surface area contributed by atoms with Crippen LogP contribution in [0.2, 0.25) is 0 Å². The molecule has 7 rings (SSSR count). The number of carbonyl (C=O) groups is 1. The quantitative estimate of drug-likeness (QED) is 0.247. The van der Waals surface area contributed by atoms with E-state index >= 15 is 0 Å². The first-order valence-electron chi connectivity index (χ1n) is 16.3. The molecule has 0 radical (unpaired) electrons. The second-order valence-electron chi connectivity index (χ2n) is 12.6. The topological polar surface area (TPSA) is 100 Å². The van der Waals surface area contributed by atoms with Crippen molar-refractivity contribution in [2.45, 2.75) is 56.5 Å². The number of nitrogens with two attached hydrogens (primary N) is 1. The van der Waals surface area contributed by atoms with Gasteiger partial charge in [-0.25, -0.2) is 0 Å². The first-order chi connectivity index (χ1) is 22.6. The predicted molar refractivity (Wildman–Crippen MR) is 179 cm³/mol. The molecule has 3 aliphatic heterocycles. The Morgan fingerprint density at radius 1 is 0.848 bits per heavy atom. The molecule has 3 fully saturated rings. The first-order valence-corrected chi connectivity index (χ1v) is 16.3. The van der Waals surface area contributed by atoms with Crippen LogP contribution in [0.25, 0.3) is 11.1 Å². The van der Waals surface area contributed by atoms with Gasteiger partial charge < -0.3 is 35.4 Å². The largest absolute Gasteiger partial charge is 0.392 e. The Bertz CT molecular complexity index is 1620. The van der Waals surface area contributed by atoms with Crippen LogP contribution in [0.4, 0.5) is 5.69 Å². The Hall–Kier alpha value is -4.05. The molecule has 1 amide bonds. The van der Waals surface area contributed by atoms with Crippen molar-refractivity contribution in [3.8, 4) is 11.1 Å². The Morgan fingerprint density at radius 2 is 1.54 bits per heavy atom. The van der Waals surface area contributed by atoms with E-state index in [1.807, 2.05) is 54.6 Å². The van der Waals surface area contributed by atoms with Crippen molar-refractivity contribution in [3.05, 3.63) is 125 Å². The number of nitrogens with zero attached hydrogens (tertiary/aromatic N) is 2. The number of anilines is 1. The Balaban J connectivity index is 1.08. The van der Waals surface area contributed by atoms with Crippen LogP contribution >= 0.6 is 0 Å². The maximum absolute atomic E-state index is 13.2. The summed E-state index contributed by atoms with van der Waals surface area (Å²) in [5, 5.41) is 12.7. The third-order valence-corrected chi connectivity index (χ3v) is 9.90. The average Bonchev–Trinajstić information content (AvgIpc) is 3.44. The fourth-order valence-electron chi connectivity index (χ4n) is 7.26. The van der Waals surface area contributed by atoms with E-state index in [4.69, 9.17) is 15.2 Å². The maximum atomic E-state index is 13.2. The zero-order valence-electron chi connectivity index (χ0n) is 26.1. The number of nitrogens with one attached hydrogen (secondary N) is 1. The number of aliphatic hydroxyl groups excluding tert-OH is 1. The molecule has 8 heteroatoms. The van der Waals surface area contributed by atoms with E-state index in [0.29, 0.717) is 13.2 Å². The number of amides is 1. The SMILES string of the molecule is NCc1ccccc1-c1ccc(C2OC(CN3CCC4(CC3)C(=O)NCN4c3ccccc3)CC(c3ccc(CO)cc3)O2)cc1. The van der Waals surface area contributed by atoms with Crippen LogP contribution < -0.4 is 16.0 Å². The van der Waals surface area contributed by atoms with Crippen molar-refractivity contribution in [2.24, 2.45) is 5.73 Å². The van der Waals surface area contributed by atoms with Gasteiger partial charge in [-0.05, 0) is 52.8 Å². The van der Waals surface area contributed by atoms with Crippen LogP contribution in [-0.4, -0.2) is 53.9 Å². The van der Waals surface area contributed by atoms with E-state index in [9.17, 15) is 9.90 Å². The Labute approximate surface area is 270 Å². The molecule has 0 aliphatic carbocycles. The summed E-state index contributed by atoms with van der Waals surface area (Å²) in [5.41, 5.74) is 12.8. The lowest BCUT2D eigenvalue weighted by Crippen LogP contribution is -2.57. The Kier molecular flexibility index (Phi) is 8.88.